The number of nitrogens with one attached hydrogen (secondary N) is 1. The number of aliphatic hydroxyl groups excluding tert-OH is 1. The Morgan fingerprint density at radius 2 is 2.12 bits per heavy atom. The quantitative estimate of drug-likeness (QED) is 0.540. The Morgan fingerprint density at radius 1 is 1.50 bits per heavy atom. The molecule has 0 aromatic carbocycles. The molecule has 0 aromatic heterocycles. The number of hydrogen-bond acceptors (Lipinski definition) is 4. The number of allylic oxidation sites excluding steroid dienone is 1. The van der Waals surface area contributed by atoms with Gasteiger partial charge in [0.15, 0.2) is 5.12 Å². The summed E-state index contributed by atoms with van der Waals surface area (Å²) in [5.41, 5.74) is 0. The summed E-state index contributed by atoms with van der Waals surface area (Å²) < 4.78 is 0. The fourth-order valence-corrected chi connectivity index (χ4v) is 1.82. The number of hydrogen-bond donors (Lipinski definition) is 2. The normalized spacial score (nSPS) is 14.8. The lowest BCUT2D eigenvalue weighted by Crippen LogP contribution is -2.25. The number of aliphatic hydroxyl groups is 1. The second-order valence-electron chi connectivity index (χ2n) is 3.46. The molecule has 0 heterocycles. The molecule has 2 atom stereocenters. The van der Waals surface area contributed by atoms with Gasteiger partial charge in [0.2, 0.25) is 5.91 Å². The van der Waals surface area contributed by atoms with E-state index < -0.39 is 12.0 Å². The molecule has 1 amide bonds. The van der Waals surface area contributed by atoms with Crippen LogP contribution in [0, 0.1) is 5.92 Å². The lowest BCUT2D eigenvalue weighted by molar-refractivity contribution is -0.119. The molecule has 0 radical (unpaired) electrons. The predicted octanol–water partition coefficient (Wildman–Crippen LogP) is 0.955. The van der Waals surface area contributed by atoms with Crippen molar-refractivity contribution in [2.24, 2.45) is 5.92 Å². The van der Waals surface area contributed by atoms with Crippen LogP contribution in [0.1, 0.15) is 20.8 Å². The average Bonchev–Trinajstić information content (AvgIpc) is 2.23. The third-order valence-electron chi connectivity index (χ3n) is 1.99. The van der Waals surface area contributed by atoms with E-state index in [1.54, 1.807) is 26.0 Å². The SMILES string of the molecule is C/C=C/[C@@H](O)C(C)C(=O)SCCNC(C)=O. The molecule has 0 fully saturated rings. The number of carbonyl (C=O) groups is 2. The van der Waals surface area contributed by atoms with E-state index in [1.807, 2.05) is 0 Å². The highest BCUT2D eigenvalue weighted by atomic mass is 32.2. The highest BCUT2D eigenvalue weighted by molar-refractivity contribution is 8.13. The molecule has 2 N–H and O–H groups in total. The van der Waals surface area contributed by atoms with Crippen LogP contribution < -0.4 is 5.32 Å². The first-order valence-electron chi connectivity index (χ1n) is 5.21. The summed E-state index contributed by atoms with van der Waals surface area (Å²) >= 11 is 1.13. The zero-order valence-corrected chi connectivity index (χ0v) is 10.7. The standard InChI is InChI=1S/C11H19NO3S/c1-4-5-10(14)8(2)11(15)16-7-6-12-9(3)13/h4-5,8,10,14H,6-7H2,1-3H3,(H,12,13)/b5-4+/t8?,10-/m1/s1. The first-order valence-corrected chi connectivity index (χ1v) is 6.19. The van der Waals surface area contributed by atoms with E-state index in [2.05, 4.69) is 5.32 Å². The van der Waals surface area contributed by atoms with Crippen LogP contribution in [0.4, 0.5) is 0 Å². The van der Waals surface area contributed by atoms with Crippen molar-refractivity contribution in [1.82, 2.24) is 5.32 Å². The highest BCUT2D eigenvalue weighted by Crippen LogP contribution is 2.15. The van der Waals surface area contributed by atoms with Gasteiger partial charge in [-0.15, -0.1) is 0 Å². The van der Waals surface area contributed by atoms with Crippen LogP contribution in [-0.2, 0) is 9.59 Å². The largest absolute Gasteiger partial charge is 0.388 e. The lowest BCUT2D eigenvalue weighted by Gasteiger charge is -2.13. The van der Waals surface area contributed by atoms with Crippen molar-refractivity contribution >= 4 is 22.8 Å². The molecule has 0 saturated carbocycles. The van der Waals surface area contributed by atoms with Crippen molar-refractivity contribution in [2.45, 2.75) is 26.9 Å². The molecule has 0 aromatic rings. The van der Waals surface area contributed by atoms with Crippen LogP contribution in [-0.4, -0.2) is 34.5 Å². The maximum absolute atomic E-state index is 11.6. The summed E-state index contributed by atoms with van der Waals surface area (Å²) in [5.74, 6) is 0.0132. The topological polar surface area (TPSA) is 66.4 Å². The van der Waals surface area contributed by atoms with Crippen LogP contribution in [0.25, 0.3) is 0 Å². The number of thioether (sulfide) groups is 1. The molecule has 0 rings (SSSR count). The van der Waals surface area contributed by atoms with Crippen LogP contribution in [0.15, 0.2) is 12.2 Å². The van der Waals surface area contributed by atoms with Gasteiger partial charge in [0.25, 0.3) is 0 Å². The first-order chi connectivity index (χ1) is 7.49. The number of amides is 1. The summed E-state index contributed by atoms with van der Waals surface area (Å²) in [6.07, 6.45) is 2.58. The molecule has 0 saturated heterocycles. The third kappa shape index (κ3) is 6.63. The molecule has 0 aliphatic heterocycles. The lowest BCUT2D eigenvalue weighted by atomic mass is 10.1. The van der Waals surface area contributed by atoms with Gasteiger partial charge in [-0.2, -0.15) is 0 Å². The van der Waals surface area contributed by atoms with Crippen molar-refractivity contribution in [2.75, 3.05) is 12.3 Å². The van der Waals surface area contributed by atoms with Gasteiger partial charge in [0.05, 0.1) is 12.0 Å². The monoisotopic (exact) mass is 245 g/mol. The van der Waals surface area contributed by atoms with Crippen LogP contribution in [0.2, 0.25) is 0 Å². The third-order valence-corrected chi connectivity index (χ3v) is 3.06. The molecule has 0 aliphatic rings. The Bertz CT molecular complexity index is 266. The van der Waals surface area contributed by atoms with Gasteiger partial charge in [0.1, 0.15) is 0 Å². The van der Waals surface area contributed by atoms with Crippen molar-refractivity contribution in [3.8, 4) is 0 Å². The zero-order valence-electron chi connectivity index (χ0n) is 9.90. The zero-order chi connectivity index (χ0) is 12.6. The first kappa shape index (κ1) is 15.2. The summed E-state index contributed by atoms with van der Waals surface area (Å²) in [6.45, 7) is 5.39. The maximum atomic E-state index is 11.6. The maximum Gasteiger partial charge on any atom is 0.216 e. The molecule has 92 valence electrons. The van der Waals surface area contributed by atoms with E-state index in [0.29, 0.717) is 12.3 Å². The summed E-state index contributed by atoms with van der Waals surface area (Å²) in [4.78, 5) is 22.1. The molecule has 5 heteroatoms. The molecule has 1 unspecified atom stereocenters. The van der Waals surface area contributed by atoms with Crippen LogP contribution >= 0.6 is 11.8 Å². The van der Waals surface area contributed by atoms with Crippen LogP contribution in [0.3, 0.4) is 0 Å². The van der Waals surface area contributed by atoms with Crippen LogP contribution in [0.5, 0.6) is 0 Å². The van der Waals surface area contributed by atoms with E-state index in [1.165, 1.54) is 6.92 Å². The minimum absolute atomic E-state index is 0.0593. The average molecular weight is 245 g/mol. The van der Waals surface area contributed by atoms with Crippen molar-refractivity contribution < 1.29 is 14.7 Å². The number of rotatable bonds is 6. The fraction of sp³-hybridized carbons (Fsp3) is 0.636. The van der Waals surface area contributed by atoms with Gasteiger partial charge in [-0.3, -0.25) is 9.59 Å². The Balaban J connectivity index is 3.83. The second kappa shape index (κ2) is 8.35. The van der Waals surface area contributed by atoms with Gasteiger partial charge >= 0.3 is 0 Å². The number of carbonyl (C=O) groups excluding carboxylic acids is 2. The van der Waals surface area contributed by atoms with Crippen molar-refractivity contribution in [1.29, 1.82) is 0 Å². The van der Waals surface area contributed by atoms with E-state index in [0.717, 1.165) is 11.8 Å². The van der Waals surface area contributed by atoms with Gasteiger partial charge in [-0.1, -0.05) is 30.8 Å². The van der Waals surface area contributed by atoms with Crippen molar-refractivity contribution in [3.05, 3.63) is 12.2 Å². The Morgan fingerprint density at radius 3 is 2.62 bits per heavy atom. The molecule has 16 heavy (non-hydrogen) atoms. The molecule has 0 bridgehead atoms. The summed E-state index contributed by atoms with van der Waals surface area (Å²) in [7, 11) is 0. The molecule has 0 aliphatic carbocycles. The molecule has 0 spiro atoms. The van der Waals surface area contributed by atoms with E-state index in [-0.39, 0.29) is 11.0 Å². The Labute approximate surface area is 100 Å². The second-order valence-corrected chi connectivity index (χ2v) is 4.55. The Hall–Kier alpha value is -0.810. The molecular weight excluding hydrogens is 226 g/mol. The smallest absolute Gasteiger partial charge is 0.216 e. The molecular formula is C11H19NO3S. The summed E-state index contributed by atoms with van der Waals surface area (Å²) in [6, 6.07) is 0. The summed E-state index contributed by atoms with van der Waals surface area (Å²) in [5, 5.41) is 12.1. The fourth-order valence-electron chi connectivity index (χ4n) is 1.01. The minimum Gasteiger partial charge on any atom is -0.388 e. The van der Waals surface area contributed by atoms with E-state index >= 15 is 0 Å². The Kier molecular flexibility index (Phi) is 7.93. The van der Waals surface area contributed by atoms with Gasteiger partial charge < -0.3 is 10.4 Å². The van der Waals surface area contributed by atoms with E-state index in [9.17, 15) is 14.7 Å². The van der Waals surface area contributed by atoms with Crippen molar-refractivity contribution in [3.63, 3.8) is 0 Å². The van der Waals surface area contributed by atoms with Gasteiger partial charge in [0, 0.05) is 19.2 Å². The van der Waals surface area contributed by atoms with Gasteiger partial charge in [-0.25, -0.2) is 0 Å². The minimum atomic E-state index is -0.731. The molecule has 4 nitrogen and oxygen atoms in total. The van der Waals surface area contributed by atoms with Gasteiger partial charge in [-0.05, 0) is 6.92 Å². The highest BCUT2D eigenvalue weighted by Gasteiger charge is 2.19. The predicted molar refractivity (Wildman–Crippen MR) is 66.1 cm³/mol. The van der Waals surface area contributed by atoms with E-state index in [4.69, 9.17) is 0 Å².